The second-order valence-corrected chi connectivity index (χ2v) is 5.00. The minimum atomic E-state index is -1.23. The van der Waals surface area contributed by atoms with Crippen LogP contribution in [0.5, 0.6) is 0 Å². The smallest absolute Gasteiger partial charge is 0.129 e. The molecule has 1 heterocycles. The van der Waals surface area contributed by atoms with Crippen LogP contribution in [0.2, 0.25) is 0 Å². The van der Waals surface area contributed by atoms with Crippen molar-refractivity contribution in [3.05, 3.63) is 35.4 Å². The van der Waals surface area contributed by atoms with E-state index in [9.17, 15) is 13.9 Å². The van der Waals surface area contributed by atoms with Crippen LogP contribution in [0.1, 0.15) is 31.7 Å². The van der Waals surface area contributed by atoms with Gasteiger partial charge in [0, 0.05) is 18.7 Å². The Morgan fingerprint density at radius 3 is 2.56 bits per heavy atom. The van der Waals surface area contributed by atoms with E-state index in [1.165, 1.54) is 0 Å². The van der Waals surface area contributed by atoms with Crippen molar-refractivity contribution in [2.75, 3.05) is 19.6 Å². The standard InChI is InChI=1S/C14H19F2NO/c1-2-7-17-8-5-14(18,6-9-17)12-10-11(15)3-4-13(12)16/h3-4,10,18H,2,5-9H2,1H3. The van der Waals surface area contributed by atoms with Gasteiger partial charge in [0.15, 0.2) is 0 Å². The van der Waals surface area contributed by atoms with Gasteiger partial charge in [-0.05, 0) is 44.0 Å². The number of aliphatic hydroxyl groups is 1. The van der Waals surface area contributed by atoms with Crippen LogP contribution >= 0.6 is 0 Å². The third-order valence-corrected chi connectivity index (χ3v) is 3.65. The summed E-state index contributed by atoms with van der Waals surface area (Å²) in [5.41, 5.74) is -1.13. The molecule has 0 aliphatic carbocycles. The molecule has 100 valence electrons. The first kappa shape index (κ1) is 13.4. The van der Waals surface area contributed by atoms with Crippen LogP contribution in [0.25, 0.3) is 0 Å². The van der Waals surface area contributed by atoms with Crippen molar-refractivity contribution in [1.29, 1.82) is 0 Å². The number of piperidine rings is 1. The summed E-state index contributed by atoms with van der Waals surface area (Å²) in [6.45, 7) is 4.54. The number of benzene rings is 1. The van der Waals surface area contributed by atoms with Gasteiger partial charge >= 0.3 is 0 Å². The zero-order valence-electron chi connectivity index (χ0n) is 10.6. The third-order valence-electron chi connectivity index (χ3n) is 3.65. The van der Waals surface area contributed by atoms with E-state index in [-0.39, 0.29) is 5.56 Å². The molecule has 2 rings (SSSR count). The Labute approximate surface area is 106 Å². The number of hydrogen-bond donors (Lipinski definition) is 1. The Hall–Kier alpha value is -1.00. The fourth-order valence-electron chi connectivity index (χ4n) is 2.59. The summed E-state index contributed by atoms with van der Waals surface area (Å²) in [5.74, 6) is -1.03. The minimum absolute atomic E-state index is 0.0960. The molecule has 1 aliphatic rings. The molecule has 2 nitrogen and oxygen atoms in total. The average Bonchev–Trinajstić information content (AvgIpc) is 2.36. The molecule has 18 heavy (non-hydrogen) atoms. The highest BCUT2D eigenvalue weighted by Gasteiger charge is 2.36. The molecule has 0 bridgehead atoms. The zero-order valence-corrected chi connectivity index (χ0v) is 10.6. The molecule has 0 spiro atoms. The molecular weight excluding hydrogens is 236 g/mol. The van der Waals surface area contributed by atoms with E-state index in [1.807, 2.05) is 0 Å². The lowest BCUT2D eigenvalue weighted by Gasteiger charge is -2.38. The fraction of sp³-hybridized carbons (Fsp3) is 0.571. The summed E-state index contributed by atoms with van der Waals surface area (Å²) in [5, 5.41) is 10.5. The lowest BCUT2D eigenvalue weighted by Crippen LogP contribution is -2.43. The van der Waals surface area contributed by atoms with Crippen molar-refractivity contribution in [3.63, 3.8) is 0 Å². The van der Waals surface area contributed by atoms with Crippen molar-refractivity contribution in [2.24, 2.45) is 0 Å². The highest BCUT2D eigenvalue weighted by Crippen LogP contribution is 2.34. The van der Waals surface area contributed by atoms with Gasteiger partial charge in [-0.15, -0.1) is 0 Å². The molecule has 0 atom stereocenters. The summed E-state index contributed by atoms with van der Waals surface area (Å²) >= 11 is 0. The van der Waals surface area contributed by atoms with E-state index in [1.54, 1.807) is 0 Å². The Morgan fingerprint density at radius 2 is 1.94 bits per heavy atom. The van der Waals surface area contributed by atoms with E-state index >= 15 is 0 Å². The van der Waals surface area contributed by atoms with Crippen molar-refractivity contribution in [2.45, 2.75) is 31.8 Å². The van der Waals surface area contributed by atoms with Gasteiger partial charge < -0.3 is 10.0 Å². The van der Waals surface area contributed by atoms with Crippen LogP contribution in [0.15, 0.2) is 18.2 Å². The Balaban J connectivity index is 2.15. The quantitative estimate of drug-likeness (QED) is 0.897. The maximum absolute atomic E-state index is 13.7. The summed E-state index contributed by atoms with van der Waals surface area (Å²) in [4.78, 5) is 2.24. The molecule has 0 aromatic heterocycles. The number of rotatable bonds is 3. The van der Waals surface area contributed by atoms with Crippen molar-refractivity contribution < 1.29 is 13.9 Å². The second kappa shape index (κ2) is 5.33. The van der Waals surface area contributed by atoms with Crippen LogP contribution in [-0.4, -0.2) is 29.6 Å². The van der Waals surface area contributed by atoms with Gasteiger partial charge in [-0.2, -0.15) is 0 Å². The predicted molar refractivity (Wildman–Crippen MR) is 66.2 cm³/mol. The number of likely N-dealkylation sites (tertiary alicyclic amines) is 1. The summed E-state index contributed by atoms with van der Waals surface area (Å²) < 4.78 is 26.9. The molecule has 1 fully saturated rings. The molecule has 1 saturated heterocycles. The number of halogens is 2. The molecule has 1 aliphatic heterocycles. The molecule has 1 aromatic carbocycles. The average molecular weight is 255 g/mol. The van der Waals surface area contributed by atoms with Gasteiger partial charge in [0.05, 0.1) is 5.60 Å². The van der Waals surface area contributed by atoms with Crippen molar-refractivity contribution in [3.8, 4) is 0 Å². The topological polar surface area (TPSA) is 23.5 Å². The highest BCUT2D eigenvalue weighted by molar-refractivity contribution is 5.26. The molecule has 0 saturated carbocycles. The van der Waals surface area contributed by atoms with Gasteiger partial charge in [0.25, 0.3) is 0 Å². The second-order valence-electron chi connectivity index (χ2n) is 5.00. The maximum Gasteiger partial charge on any atom is 0.129 e. The molecule has 1 N–H and O–H groups in total. The minimum Gasteiger partial charge on any atom is -0.385 e. The van der Waals surface area contributed by atoms with Crippen molar-refractivity contribution >= 4 is 0 Å². The van der Waals surface area contributed by atoms with E-state index in [0.717, 1.165) is 44.3 Å². The van der Waals surface area contributed by atoms with Crippen LogP contribution < -0.4 is 0 Å². The summed E-state index contributed by atoms with van der Waals surface area (Å²) in [6, 6.07) is 3.28. The lowest BCUT2D eigenvalue weighted by atomic mass is 9.84. The predicted octanol–water partition coefficient (Wildman–Crippen LogP) is 2.66. The molecule has 0 amide bonds. The first-order valence-electron chi connectivity index (χ1n) is 6.45. The van der Waals surface area contributed by atoms with E-state index in [0.29, 0.717) is 12.8 Å². The van der Waals surface area contributed by atoms with Gasteiger partial charge in [0.2, 0.25) is 0 Å². The summed E-state index contributed by atoms with van der Waals surface area (Å²) in [6.07, 6.45) is 1.97. The van der Waals surface area contributed by atoms with Crippen LogP contribution in [0.3, 0.4) is 0 Å². The normalized spacial score (nSPS) is 20.0. The van der Waals surface area contributed by atoms with Crippen LogP contribution in [0.4, 0.5) is 8.78 Å². The Morgan fingerprint density at radius 1 is 1.28 bits per heavy atom. The van der Waals surface area contributed by atoms with Crippen LogP contribution in [0, 0.1) is 11.6 Å². The Kier molecular flexibility index (Phi) is 3.97. The molecule has 0 radical (unpaired) electrons. The first-order valence-corrected chi connectivity index (χ1v) is 6.45. The van der Waals surface area contributed by atoms with Crippen molar-refractivity contribution in [1.82, 2.24) is 4.90 Å². The highest BCUT2D eigenvalue weighted by atomic mass is 19.1. The van der Waals surface area contributed by atoms with E-state index in [2.05, 4.69) is 11.8 Å². The maximum atomic E-state index is 13.7. The van der Waals surface area contributed by atoms with E-state index < -0.39 is 17.2 Å². The third kappa shape index (κ3) is 2.70. The largest absolute Gasteiger partial charge is 0.385 e. The fourth-order valence-corrected chi connectivity index (χ4v) is 2.59. The Bertz CT molecular complexity index is 414. The first-order chi connectivity index (χ1) is 8.55. The number of nitrogens with zero attached hydrogens (tertiary/aromatic N) is 1. The van der Waals surface area contributed by atoms with Gasteiger partial charge in [-0.25, -0.2) is 8.78 Å². The lowest BCUT2D eigenvalue weighted by molar-refractivity contribution is -0.0285. The molecular formula is C14H19F2NO. The zero-order chi connectivity index (χ0) is 13.2. The monoisotopic (exact) mass is 255 g/mol. The SMILES string of the molecule is CCCN1CCC(O)(c2cc(F)ccc2F)CC1. The van der Waals surface area contributed by atoms with Gasteiger partial charge in [-0.1, -0.05) is 6.92 Å². The molecule has 4 heteroatoms. The molecule has 0 unspecified atom stereocenters. The van der Waals surface area contributed by atoms with Crippen LogP contribution in [-0.2, 0) is 5.60 Å². The molecule has 1 aromatic rings. The van der Waals surface area contributed by atoms with E-state index in [4.69, 9.17) is 0 Å². The van der Waals surface area contributed by atoms with Gasteiger partial charge in [-0.3, -0.25) is 0 Å². The summed E-state index contributed by atoms with van der Waals surface area (Å²) in [7, 11) is 0. The number of hydrogen-bond acceptors (Lipinski definition) is 2. The van der Waals surface area contributed by atoms with Gasteiger partial charge in [0.1, 0.15) is 11.6 Å².